The third-order valence-corrected chi connectivity index (χ3v) is 13.5. The van der Waals surface area contributed by atoms with Crippen LogP contribution in [-0.4, -0.2) is 9.97 Å². The molecular formula is C56H32N2S. The van der Waals surface area contributed by atoms with Crippen molar-refractivity contribution in [2.24, 2.45) is 0 Å². The topological polar surface area (TPSA) is 25.8 Å². The van der Waals surface area contributed by atoms with E-state index in [4.69, 9.17) is 9.97 Å². The Bertz CT molecular complexity index is 3840. The highest BCUT2D eigenvalue weighted by Gasteiger charge is 2.20. The van der Waals surface area contributed by atoms with E-state index in [1.807, 2.05) is 17.4 Å². The largest absolute Gasteiger partial charge is 0.228 e. The number of hydrogen-bond donors (Lipinski definition) is 0. The first-order valence-electron chi connectivity index (χ1n) is 20.1. The van der Waals surface area contributed by atoms with Gasteiger partial charge in [-0.25, -0.2) is 9.97 Å². The molecule has 2 nitrogen and oxygen atoms in total. The Balaban J connectivity index is 1.13. The molecule has 0 N–H and O–H groups in total. The van der Waals surface area contributed by atoms with Gasteiger partial charge in [-0.05, 0) is 106 Å². The summed E-state index contributed by atoms with van der Waals surface area (Å²) in [7, 11) is 0. The fourth-order valence-electron chi connectivity index (χ4n) is 9.82. The molecule has 11 aromatic carbocycles. The Morgan fingerprint density at radius 1 is 0.288 bits per heavy atom. The van der Waals surface area contributed by atoms with Crippen molar-refractivity contribution < 1.29 is 0 Å². The van der Waals surface area contributed by atoms with E-state index in [2.05, 4.69) is 188 Å². The molecule has 0 atom stereocenters. The molecule has 0 saturated heterocycles. The summed E-state index contributed by atoms with van der Waals surface area (Å²) in [4.78, 5) is 10.8. The van der Waals surface area contributed by atoms with Crippen molar-refractivity contribution >= 4 is 96.1 Å². The molecule has 0 fully saturated rings. The number of rotatable bonds is 4. The predicted molar refractivity (Wildman–Crippen MR) is 253 cm³/mol. The van der Waals surface area contributed by atoms with Crippen LogP contribution in [0.2, 0.25) is 0 Å². The highest BCUT2D eigenvalue weighted by Crippen LogP contribution is 2.46. The molecular weight excluding hydrogens is 733 g/mol. The van der Waals surface area contributed by atoms with Crippen LogP contribution in [0, 0.1) is 0 Å². The SMILES string of the molecule is c1ccc(-c2nc(-c3cc4ccc5cccc6c7cccc8ccc9cccc(c(c3)c4c56)c9c87)cc(-c3ccccc3-c3cccc4sc5ccccc5c34)n2)cc1. The third-order valence-electron chi connectivity index (χ3n) is 12.4. The Kier molecular flexibility index (Phi) is 6.92. The first-order valence-corrected chi connectivity index (χ1v) is 21.0. The van der Waals surface area contributed by atoms with Crippen LogP contribution in [0.25, 0.3) is 130 Å². The zero-order valence-corrected chi connectivity index (χ0v) is 32.6. The summed E-state index contributed by atoms with van der Waals surface area (Å²) in [5.74, 6) is 0.705. The van der Waals surface area contributed by atoms with Crippen molar-refractivity contribution in [3.05, 3.63) is 194 Å². The van der Waals surface area contributed by atoms with E-state index in [0.717, 1.165) is 33.6 Å². The molecule has 0 spiro atoms. The van der Waals surface area contributed by atoms with Crippen LogP contribution in [0.5, 0.6) is 0 Å². The molecule has 3 heteroatoms. The summed E-state index contributed by atoms with van der Waals surface area (Å²) in [6.07, 6.45) is 0. The average Bonchev–Trinajstić information content (AvgIpc) is 3.69. The molecule has 13 aromatic rings. The summed E-state index contributed by atoms with van der Waals surface area (Å²) < 4.78 is 2.58. The number of nitrogens with zero attached hydrogens (tertiary/aromatic N) is 2. The molecule has 59 heavy (non-hydrogen) atoms. The average molecular weight is 765 g/mol. The quantitative estimate of drug-likeness (QED) is 0.167. The van der Waals surface area contributed by atoms with Gasteiger partial charge in [0, 0.05) is 36.9 Å². The zero-order chi connectivity index (χ0) is 38.6. The van der Waals surface area contributed by atoms with Crippen LogP contribution in [0.1, 0.15) is 0 Å². The standard InChI is InChI=1S/C56H32N2S/c1-2-12-36(13-3-1)56-57-47(32-48(58-56)40-18-5-4-17-39(40)41-23-11-25-50-55(41)45-19-6-7-24-49(45)59-50)38-30-37-29-28-35-15-9-21-43-42-20-8-14-33-26-27-34-16-10-22-44(53(34)51(33)42)46(31-38)54(37)52(35)43/h1-32H. The van der Waals surface area contributed by atoms with E-state index in [-0.39, 0.29) is 0 Å². The number of fused-ring (bicyclic) bond motifs is 5. The molecule has 0 radical (unpaired) electrons. The van der Waals surface area contributed by atoms with Crippen molar-refractivity contribution in [2.75, 3.05) is 0 Å². The van der Waals surface area contributed by atoms with Gasteiger partial charge in [-0.2, -0.15) is 0 Å². The molecule has 0 aliphatic carbocycles. The van der Waals surface area contributed by atoms with Gasteiger partial charge in [-0.3, -0.25) is 0 Å². The van der Waals surface area contributed by atoms with Crippen molar-refractivity contribution in [2.45, 2.75) is 0 Å². The normalized spacial score (nSPS) is 12.1. The lowest BCUT2D eigenvalue weighted by Crippen LogP contribution is -1.97. The van der Waals surface area contributed by atoms with Crippen LogP contribution < -0.4 is 0 Å². The van der Waals surface area contributed by atoms with Gasteiger partial charge in [0.05, 0.1) is 11.4 Å². The van der Waals surface area contributed by atoms with Crippen molar-refractivity contribution in [1.29, 1.82) is 0 Å². The zero-order valence-electron chi connectivity index (χ0n) is 31.8. The summed E-state index contributed by atoms with van der Waals surface area (Å²) in [6, 6.07) is 70.9. The van der Waals surface area contributed by atoms with Crippen LogP contribution >= 0.6 is 11.3 Å². The fraction of sp³-hybridized carbons (Fsp3) is 0. The smallest absolute Gasteiger partial charge is 0.160 e. The number of hydrogen-bond acceptors (Lipinski definition) is 3. The summed E-state index contributed by atoms with van der Waals surface area (Å²) >= 11 is 1.85. The van der Waals surface area contributed by atoms with E-state index in [1.54, 1.807) is 0 Å². The minimum Gasteiger partial charge on any atom is -0.228 e. The lowest BCUT2D eigenvalue weighted by atomic mass is 9.87. The van der Waals surface area contributed by atoms with Crippen LogP contribution in [-0.2, 0) is 0 Å². The minimum atomic E-state index is 0.705. The molecule has 2 heterocycles. The van der Waals surface area contributed by atoms with Crippen LogP contribution in [0.15, 0.2) is 194 Å². The molecule has 0 bridgehead atoms. The Morgan fingerprint density at radius 3 is 1.54 bits per heavy atom. The lowest BCUT2D eigenvalue weighted by molar-refractivity contribution is 1.18. The second-order valence-corrected chi connectivity index (χ2v) is 16.7. The van der Waals surface area contributed by atoms with E-state index in [1.165, 1.54) is 90.4 Å². The van der Waals surface area contributed by atoms with Crippen molar-refractivity contribution in [3.63, 3.8) is 0 Å². The Labute approximate surface area is 343 Å². The lowest BCUT2D eigenvalue weighted by Gasteiger charge is -2.17. The Morgan fingerprint density at radius 2 is 0.814 bits per heavy atom. The summed E-state index contributed by atoms with van der Waals surface area (Å²) in [5.41, 5.74) is 7.28. The monoisotopic (exact) mass is 764 g/mol. The van der Waals surface area contributed by atoms with E-state index in [9.17, 15) is 0 Å². The van der Waals surface area contributed by atoms with Crippen LogP contribution in [0.4, 0.5) is 0 Å². The molecule has 0 unspecified atom stereocenters. The molecule has 0 aliphatic heterocycles. The summed E-state index contributed by atoms with van der Waals surface area (Å²) in [5, 5.41) is 17.7. The first-order chi connectivity index (χ1) is 29.2. The third kappa shape index (κ3) is 4.86. The van der Waals surface area contributed by atoms with E-state index >= 15 is 0 Å². The van der Waals surface area contributed by atoms with Crippen LogP contribution in [0.3, 0.4) is 0 Å². The molecule has 0 aliphatic rings. The van der Waals surface area contributed by atoms with Gasteiger partial charge in [0.1, 0.15) is 0 Å². The summed E-state index contributed by atoms with van der Waals surface area (Å²) in [6.45, 7) is 0. The Hall–Kier alpha value is -7.46. The van der Waals surface area contributed by atoms with Gasteiger partial charge in [0.2, 0.25) is 0 Å². The minimum absolute atomic E-state index is 0.705. The van der Waals surface area contributed by atoms with Crippen molar-refractivity contribution in [1.82, 2.24) is 9.97 Å². The molecule has 13 rings (SSSR count). The van der Waals surface area contributed by atoms with Gasteiger partial charge in [-0.1, -0.05) is 164 Å². The number of benzene rings is 10. The molecule has 0 amide bonds. The molecule has 2 aromatic heterocycles. The van der Waals surface area contributed by atoms with Gasteiger partial charge >= 0.3 is 0 Å². The number of aromatic nitrogens is 2. The molecule has 272 valence electrons. The first kappa shape index (κ1) is 32.6. The predicted octanol–water partition coefficient (Wildman–Crippen LogP) is 15.9. The van der Waals surface area contributed by atoms with E-state index in [0.29, 0.717) is 5.82 Å². The maximum atomic E-state index is 5.40. The van der Waals surface area contributed by atoms with Crippen molar-refractivity contribution in [3.8, 4) is 45.0 Å². The van der Waals surface area contributed by atoms with Gasteiger partial charge in [-0.15, -0.1) is 11.3 Å². The van der Waals surface area contributed by atoms with Gasteiger partial charge in [0.25, 0.3) is 0 Å². The highest BCUT2D eigenvalue weighted by atomic mass is 32.1. The van der Waals surface area contributed by atoms with Gasteiger partial charge < -0.3 is 0 Å². The molecule has 0 saturated carbocycles. The second kappa shape index (κ2) is 12.5. The maximum Gasteiger partial charge on any atom is 0.160 e. The van der Waals surface area contributed by atoms with Gasteiger partial charge in [0.15, 0.2) is 5.82 Å². The number of thiophene rings is 1. The second-order valence-electron chi connectivity index (χ2n) is 15.6. The fourth-order valence-corrected chi connectivity index (χ4v) is 11.0. The highest BCUT2D eigenvalue weighted by molar-refractivity contribution is 7.25. The van der Waals surface area contributed by atoms with E-state index < -0.39 is 0 Å². The maximum absolute atomic E-state index is 5.40.